The summed E-state index contributed by atoms with van der Waals surface area (Å²) in [6.45, 7) is -0.0978. The molecule has 3 aromatic carbocycles. The van der Waals surface area contributed by atoms with Crippen molar-refractivity contribution in [1.82, 2.24) is 4.98 Å². The maximum atomic E-state index is 11.6. The number of benzene rings is 3. The van der Waals surface area contributed by atoms with E-state index in [0.717, 1.165) is 5.56 Å². The van der Waals surface area contributed by atoms with E-state index in [9.17, 15) is 18.3 Å². The van der Waals surface area contributed by atoms with Crippen molar-refractivity contribution in [3.63, 3.8) is 0 Å². The second-order valence-electron chi connectivity index (χ2n) is 6.81. The molecule has 0 fully saturated rings. The Labute approximate surface area is 184 Å². The Bertz CT molecular complexity index is 1360. The average Bonchev–Trinajstić information content (AvgIpc) is 3.22. The molecule has 0 saturated heterocycles. The Morgan fingerprint density at radius 3 is 2.25 bits per heavy atom. The van der Waals surface area contributed by atoms with Crippen molar-refractivity contribution in [3.05, 3.63) is 90.3 Å². The molecule has 0 bridgehead atoms. The van der Waals surface area contributed by atoms with E-state index < -0.39 is 16.0 Å². The Morgan fingerprint density at radius 1 is 0.938 bits per heavy atom. The third-order valence-corrected chi connectivity index (χ3v) is 5.56. The largest absolute Gasteiger partial charge is 0.483 e. The van der Waals surface area contributed by atoms with Gasteiger partial charge in [0.25, 0.3) is 0 Å². The lowest BCUT2D eigenvalue weighted by molar-refractivity contribution is 0.0691. The number of oxazole rings is 1. The highest BCUT2D eigenvalue weighted by atomic mass is 32.2. The molecular formula is C23H18N2O6S. The van der Waals surface area contributed by atoms with Crippen molar-refractivity contribution in [2.45, 2.75) is 11.5 Å². The van der Waals surface area contributed by atoms with Crippen LogP contribution in [0.5, 0.6) is 5.75 Å². The van der Waals surface area contributed by atoms with Crippen molar-refractivity contribution in [2.24, 2.45) is 5.14 Å². The summed E-state index contributed by atoms with van der Waals surface area (Å²) in [7, 11) is -3.82. The first-order valence-corrected chi connectivity index (χ1v) is 11.0. The zero-order valence-corrected chi connectivity index (χ0v) is 17.5. The summed E-state index contributed by atoms with van der Waals surface area (Å²) in [5, 5.41) is 14.5. The monoisotopic (exact) mass is 450 g/mol. The Morgan fingerprint density at radius 2 is 1.59 bits per heavy atom. The summed E-state index contributed by atoms with van der Waals surface area (Å²) in [6.07, 6.45) is 0. The Kier molecular flexibility index (Phi) is 5.76. The van der Waals surface area contributed by atoms with Crippen LogP contribution in [0.1, 0.15) is 16.2 Å². The predicted octanol–water partition coefficient (Wildman–Crippen LogP) is 3.93. The highest BCUT2D eigenvalue weighted by Gasteiger charge is 2.19. The molecule has 0 saturated carbocycles. The minimum atomic E-state index is -3.82. The molecule has 0 spiro atoms. The van der Waals surface area contributed by atoms with E-state index >= 15 is 0 Å². The molecule has 0 unspecified atom stereocenters. The molecular weight excluding hydrogens is 432 g/mol. The van der Waals surface area contributed by atoms with E-state index in [0.29, 0.717) is 17.0 Å². The van der Waals surface area contributed by atoms with Crippen molar-refractivity contribution >= 4 is 16.0 Å². The maximum absolute atomic E-state index is 11.6. The van der Waals surface area contributed by atoms with E-state index in [-0.39, 0.29) is 28.7 Å². The average molecular weight is 450 g/mol. The van der Waals surface area contributed by atoms with Gasteiger partial charge in [0, 0.05) is 11.1 Å². The number of ether oxygens (including phenoxy) is 1. The van der Waals surface area contributed by atoms with Crippen LogP contribution in [0.3, 0.4) is 0 Å². The van der Waals surface area contributed by atoms with Crippen molar-refractivity contribution in [1.29, 1.82) is 0 Å². The number of sulfonamides is 1. The molecule has 0 aliphatic carbocycles. The molecule has 3 N–H and O–H groups in total. The SMILES string of the molecule is NS(=O)(=O)c1ccc(-c2nc(COc3ccccc3C(=O)O)oc2-c2ccccc2)cc1. The molecule has 1 heterocycles. The summed E-state index contributed by atoms with van der Waals surface area (Å²) in [5.74, 6) is -0.208. The lowest BCUT2D eigenvalue weighted by atomic mass is 10.1. The van der Waals surface area contributed by atoms with Crippen molar-refractivity contribution in [3.8, 4) is 28.3 Å². The molecule has 0 atom stereocenters. The summed E-state index contributed by atoms with van der Waals surface area (Å²) < 4.78 is 34.7. The molecule has 0 radical (unpaired) electrons. The maximum Gasteiger partial charge on any atom is 0.339 e. The number of aromatic nitrogens is 1. The zero-order valence-electron chi connectivity index (χ0n) is 16.6. The topological polar surface area (TPSA) is 133 Å². The zero-order chi connectivity index (χ0) is 22.7. The molecule has 32 heavy (non-hydrogen) atoms. The smallest absolute Gasteiger partial charge is 0.339 e. The fourth-order valence-corrected chi connectivity index (χ4v) is 3.63. The first-order chi connectivity index (χ1) is 15.3. The van der Waals surface area contributed by atoms with Gasteiger partial charge < -0.3 is 14.3 Å². The van der Waals surface area contributed by atoms with Gasteiger partial charge in [-0.25, -0.2) is 23.3 Å². The van der Waals surface area contributed by atoms with Crippen LogP contribution in [0.25, 0.3) is 22.6 Å². The fraction of sp³-hybridized carbons (Fsp3) is 0.0435. The van der Waals surface area contributed by atoms with Crippen molar-refractivity contribution < 1.29 is 27.5 Å². The van der Waals surface area contributed by atoms with Gasteiger partial charge >= 0.3 is 5.97 Å². The number of nitrogens with zero attached hydrogens (tertiary/aromatic N) is 1. The van der Waals surface area contributed by atoms with Crippen LogP contribution < -0.4 is 9.88 Å². The van der Waals surface area contributed by atoms with Gasteiger partial charge in [0.1, 0.15) is 17.0 Å². The van der Waals surface area contributed by atoms with Crippen LogP contribution in [0.4, 0.5) is 0 Å². The molecule has 9 heteroatoms. The quantitative estimate of drug-likeness (QED) is 0.436. The number of nitrogens with two attached hydrogens (primary N) is 1. The van der Waals surface area contributed by atoms with Crippen molar-refractivity contribution in [2.75, 3.05) is 0 Å². The number of carboxylic acids is 1. The summed E-state index contributed by atoms with van der Waals surface area (Å²) in [6, 6.07) is 21.5. The summed E-state index contributed by atoms with van der Waals surface area (Å²) in [5.41, 5.74) is 1.91. The molecule has 0 aliphatic rings. The van der Waals surface area contributed by atoms with Crippen LogP contribution in [-0.2, 0) is 16.6 Å². The second kappa shape index (κ2) is 8.66. The molecule has 162 valence electrons. The molecule has 0 amide bonds. The molecule has 1 aromatic heterocycles. The van der Waals surface area contributed by atoms with Crippen LogP contribution in [0.15, 0.2) is 88.2 Å². The normalized spacial score (nSPS) is 11.3. The van der Waals surface area contributed by atoms with Gasteiger partial charge in [-0.05, 0) is 24.3 Å². The number of aromatic carboxylic acids is 1. The number of para-hydroxylation sites is 1. The first kappa shape index (κ1) is 21.3. The van der Waals surface area contributed by atoms with E-state index in [4.69, 9.17) is 14.3 Å². The number of carbonyl (C=O) groups is 1. The second-order valence-corrected chi connectivity index (χ2v) is 8.37. The molecule has 0 aliphatic heterocycles. The van der Waals surface area contributed by atoms with Crippen LogP contribution in [0, 0.1) is 0 Å². The highest BCUT2D eigenvalue weighted by Crippen LogP contribution is 2.33. The van der Waals surface area contributed by atoms with Gasteiger partial charge in [0.2, 0.25) is 15.9 Å². The third kappa shape index (κ3) is 4.53. The van der Waals surface area contributed by atoms with E-state index in [2.05, 4.69) is 4.98 Å². The van der Waals surface area contributed by atoms with Crippen LogP contribution >= 0.6 is 0 Å². The van der Waals surface area contributed by atoms with Gasteiger partial charge in [-0.15, -0.1) is 0 Å². The lowest BCUT2D eigenvalue weighted by Crippen LogP contribution is -2.11. The highest BCUT2D eigenvalue weighted by molar-refractivity contribution is 7.89. The van der Waals surface area contributed by atoms with E-state index in [1.54, 1.807) is 30.3 Å². The molecule has 4 aromatic rings. The standard InChI is InChI=1S/C23H18N2O6S/c24-32(28,29)17-12-10-15(11-13-17)21-22(16-6-2-1-3-7-16)31-20(25-21)14-30-19-9-5-4-8-18(19)23(26)27/h1-13H,14H2,(H,26,27)(H2,24,28,29). The number of hydrogen-bond acceptors (Lipinski definition) is 6. The fourth-order valence-electron chi connectivity index (χ4n) is 3.12. The number of rotatable bonds is 7. The first-order valence-electron chi connectivity index (χ1n) is 9.46. The van der Waals surface area contributed by atoms with E-state index in [1.165, 1.54) is 18.2 Å². The lowest BCUT2D eigenvalue weighted by Gasteiger charge is -2.06. The summed E-state index contributed by atoms with van der Waals surface area (Å²) >= 11 is 0. The van der Waals surface area contributed by atoms with E-state index in [1.807, 2.05) is 30.3 Å². The number of primary sulfonamides is 1. The number of carboxylic acid groups (broad SMARTS) is 1. The predicted molar refractivity (Wildman–Crippen MR) is 116 cm³/mol. The van der Waals surface area contributed by atoms with Gasteiger partial charge in [0.05, 0.1) is 4.90 Å². The van der Waals surface area contributed by atoms with Gasteiger partial charge in [-0.2, -0.15) is 0 Å². The minimum absolute atomic E-state index is 0.0140. The molecule has 4 rings (SSSR count). The Hall–Kier alpha value is -3.95. The minimum Gasteiger partial charge on any atom is -0.483 e. The van der Waals surface area contributed by atoms with Crippen LogP contribution in [-0.4, -0.2) is 24.5 Å². The number of hydrogen-bond donors (Lipinski definition) is 2. The van der Waals surface area contributed by atoms with Gasteiger partial charge in [-0.1, -0.05) is 54.6 Å². The Balaban J connectivity index is 1.70. The third-order valence-electron chi connectivity index (χ3n) is 4.63. The molecule has 8 nitrogen and oxygen atoms in total. The van der Waals surface area contributed by atoms with Gasteiger partial charge in [-0.3, -0.25) is 0 Å². The van der Waals surface area contributed by atoms with Gasteiger partial charge in [0.15, 0.2) is 12.4 Å². The van der Waals surface area contributed by atoms with Crippen LogP contribution in [0.2, 0.25) is 0 Å². The summed E-state index contributed by atoms with van der Waals surface area (Å²) in [4.78, 5) is 15.9.